The Morgan fingerprint density at radius 2 is 2.19 bits per heavy atom. The molecule has 2 rings (SSSR count). The summed E-state index contributed by atoms with van der Waals surface area (Å²) in [6.45, 7) is 0.629. The lowest BCUT2D eigenvalue weighted by atomic mass is 10.1. The number of ether oxygens (including phenoxy) is 1. The number of benzene rings is 1. The van der Waals surface area contributed by atoms with Crippen molar-refractivity contribution in [2.75, 3.05) is 18.1 Å². The van der Waals surface area contributed by atoms with Crippen LogP contribution in [0.1, 0.15) is 25.7 Å². The second kappa shape index (κ2) is 7.28. The SMILES string of the molecule is NNC(=O)CCCCCN1C(=O)COc2ccc(Cl)cc21. The molecule has 1 heterocycles. The molecule has 1 aliphatic heterocycles. The van der Waals surface area contributed by atoms with Crippen LogP contribution in [0.3, 0.4) is 0 Å². The number of hydrogen-bond acceptors (Lipinski definition) is 4. The highest BCUT2D eigenvalue weighted by Gasteiger charge is 2.25. The Bertz CT molecular complexity index is 536. The molecule has 0 fully saturated rings. The van der Waals surface area contributed by atoms with Gasteiger partial charge in [-0.3, -0.25) is 15.0 Å². The van der Waals surface area contributed by atoms with Gasteiger partial charge in [-0.25, -0.2) is 5.84 Å². The molecule has 21 heavy (non-hydrogen) atoms. The fourth-order valence-corrected chi connectivity index (χ4v) is 2.39. The van der Waals surface area contributed by atoms with E-state index in [0.717, 1.165) is 19.3 Å². The van der Waals surface area contributed by atoms with E-state index < -0.39 is 0 Å². The number of carbonyl (C=O) groups excluding carboxylic acids is 2. The Morgan fingerprint density at radius 1 is 1.38 bits per heavy atom. The van der Waals surface area contributed by atoms with Crippen LogP contribution in [-0.4, -0.2) is 25.0 Å². The van der Waals surface area contributed by atoms with Gasteiger partial charge in [0.1, 0.15) is 5.75 Å². The summed E-state index contributed by atoms with van der Waals surface area (Å²) < 4.78 is 5.38. The third-order valence-corrected chi connectivity index (χ3v) is 3.55. The van der Waals surface area contributed by atoms with Crippen molar-refractivity contribution < 1.29 is 14.3 Å². The maximum absolute atomic E-state index is 12.0. The van der Waals surface area contributed by atoms with E-state index in [4.69, 9.17) is 22.2 Å². The number of halogens is 1. The van der Waals surface area contributed by atoms with Gasteiger partial charge in [0.25, 0.3) is 5.91 Å². The summed E-state index contributed by atoms with van der Waals surface area (Å²) in [5.74, 6) is 5.43. The zero-order valence-electron chi connectivity index (χ0n) is 11.6. The first-order valence-electron chi connectivity index (χ1n) is 6.84. The van der Waals surface area contributed by atoms with Gasteiger partial charge in [-0.15, -0.1) is 0 Å². The first-order chi connectivity index (χ1) is 10.1. The van der Waals surface area contributed by atoms with Gasteiger partial charge >= 0.3 is 0 Å². The summed E-state index contributed by atoms with van der Waals surface area (Å²) in [5.41, 5.74) is 2.80. The van der Waals surface area contributed by atoms with Gasteiger partial charge < -0.3 is 9.64 Å². The number of nitrogens with two attached hydrogens (primary N) is 1. The van der Waals surface area contributed by atoms with Crippen molar-refractivity contribution in [1.29, 1.82) is 0 Å². The Balaban J connectivity index is 1.89. The summed E-state index contributed by atoms with van der Waals surface area (Å²) in [7, 11) is 0. The summed E-state index contributed by atoms with van der Waals surface area (Å²) in [5, 5.41) is 0.566. The molecule has 0 saturated carbocycles. The van der Waals surface area contributed by atoms with E-state index in [0.29, 0.717) is 29.4 Å². The van der Waals surface area contributed by atoms with E-state index in [1.807, 2.05) is 0 Å². The fraction of sp³-hybridized carbons (Fsp3) is 0.429. The molecule has 0 aliphatic carbocycles. The number of rotatable bonds is 6. The highest BCUT2D eigenvalue weighted by atomic mass is 35.5. The largest absolute Gasteiger partial charge is 0.482 e. The summed E-state index contributed by atoms with van der Waals surface area (Å²) in [6, 6.07) is 5.23. The second-order valence-electron chi connectivity index (χ2n) is 4.82. The van der Waals surface area contributed by atoms with Gasteiger partial charge in [-0.05, 0) is 31.0 Å². The van der Waals surface area contributed by atoms with Crippen LogP contribution in [0.15, 0.2) is 18.2 Å². The minimum absolute atomic E-state index is 0.0458. The second-order valence-corrected chi connectivity index (χ2v) is 5.26. The Morgan fingerprint density at radius 3 is 2.95 bits per heavy atom. The van der Waals surface area contributed by atoms with Crippen molar-refractivity contribution in [2.24, 2.45) is 5.84 Å². The minimum atomic E-state index is -0.172. The number of carbonyl (C=O) groups is 2. The molecule has 0 radical (unpaired) electrons. The number of fused-ring (bicyclic) bond motifs is 1. The van der Waals surface area contributed by atoms with Crippen LogP contribution in [0.2, 0.25) is 5.02 Å². The Hall–Kier alpha value is -1.79. The van der Waals surface area contributed by atoms with E-state index in [1.165, 1.54) is 0 Å². The van der Waals surface area contributed by atoms with E-state index in [1.54, 1.807) is 23.1 Å². The van der Waals surface area contributed by atoms with Gasteiger partial charge in [-0.1, -0.05) is 18.0 Å². The quantitative estimate of drug-likeness (QED) is 0.362. The van der Waals surface area contributed by atoms with E-state index >= 15 is 0 Å². The molecule has 114 valence electrons. The number of nitrogens with one attached hydrogen (secondary N) is 1. The van der Waals surface area contributed by atoms with E-state index in [2.05, 4.69) is 5.43 Å². The third kappa shape index (κ3) is 4.09. The van der Waals surface area contributed by atoms with Crippen molar-refractivity contribution in [1.82, 2.24) is 5.43 Å². The zero-order valence-corrected chi connectivity index (χ0v) is 12.4. The smallest absolute Gasteiger partial charge is 0.265 e. The van der Waals surface area contributed by atoms with Crippen LogP contribution in [0, 0.1) is 0 Å². The maximum atomic E-state index is 12.0. The summed E-state index contributed by atoms with van der Waals surface area (Å²) in [4.78, 5) is 24.6. The van der Waals surface area contributed by atoms with Crippen molar-refractivity contribution in [2.45, 2.75) is 25.7 Å². The molecule has 3 N–H and O–H groups in total. The van der Waals surface area contributed by atoms with Gasteiger partial charge in [0.05, 0.1) is 5.69 Å². The molecule has 7 heteroatoms. The summed E-state index contributed by atoms with van der Waals surface area (Å²) in [6.07, 6.45) is 2.78. The molecule has 0 aromatic heterocycles. The number of anilines is 1. The van der Waals surface area contributed by atoms with Crippen LogP contribution in [0.4, 0.5) is 5.69 Å². The lowest BCUT2D eigenvalue weighted by Gasteiger charge is -2.29. The average molecular weight is 312 g/mol. The van der Waals surface area contributed by atoms with Crippen LogP contribution >= 0.6 is 11.6 Å². The topological polar surface area (TPSA) is 84.7 Å². The van der Waals surface area contributed by atoms with Crippen LogP contribution in [0.5, 0.6) is 5.75 Å². The summed E-state index contributed by atoms with van der Waals surface area (Å²) >= 11 is 5.97. The highest BCUT2D eigenvalue weighted by Crippen LogP contribution is 2.34. The van der Waals surface area contributed by atoms with Crippen molar-refractivity contribution >= 4 is 29.1 Å². The van der Waals surface area contributed by atoms with Gasteiger partial charge in [0, 0.05) is 18.0 Å². The Labute approximate surface area is 128 Å². The first kappa shape index (κ1) is 15.6. The van der Waals surface area contributed by atoms with Crippen LogP contribution in [-0.2, 0) is 9.59 Å². The van der Waals surface area contributed by atoms with Gasteiger partial charge in [0.15, 0.2) is 6.61 Å². The molecule has 0 unspecified atom stereocenters. The number of unbranched alkanes of at least 4 members (excludes halogenated alkanes) is 2. The number of nitrogens with zero attached hydrogens (tertiary/aromatic N) is 1. The molecule has 0 bridgehead atoms. The standard InChI is InChI=1S/C14H18ClN3O3/c15-10-5-6-12-11(8-10)18(14(20)9-21-12)7-3-1-2-4-13(19)17-16/h5-6,8H,1-4,7,9,16H2,(H,17,19). The Kier molecular flexibility index (Phi) is 5.41. The van der Waals surface area contributed by atoms with Crippen molar-refractivity contribution in [3.05, 3.63) is 23.2 Å². The highest BCUT2D eigenvalue weighted by molar-refractivity contribution is 6.31. The number of amides is 2. The molecular formula is C14H18ClN3O3. The molecule has 6 nitrogen and oxygen atoms in total. The normalized spacial score (nSPS) is 13.6. The minimum Gasteiger partial charge on any atom is -0.482 e. The van der Waals surface area contributed by atoms with Crippen molar-refractivity contribution in [3.8, 4) is 5.75 Å². The lowest BCUT2D eigenvalue weighted by molar-refractivity contribution is -0.122. The molecule has 0 atom stereocenters. The molecule has 1 aromatic carbocycles. The van der Waals surface area contributed by atoms with Crippen LogP contribution in [0.25, 0.3) is 0 Å². The van der Waals surface area contributed by atoms with Gasteiger partial charge in [0.2, 0.25) is 5.91 Å². The monoisotopic (exact) mass is 311 g/mol. The molecule has 1 aromatic rings. The molecule has 0 spiro atoms. The maximum Gasteiger partial charge on any atom is 0.265 e. The van der Waals surface area contributed by atoms with Gasteiger partial charge in [-0.2, -0.15) is 0 Å². The zero-order chi connectivity index (χ0) is 15.2. The molecular weight excluding hydrogens is 294 g/mol. The van der Waals surface area contributed by atoms with Crippen molar-refractivity contribution in [3.63, 3.8) is 0 Å². The predicted octanol–water partition coefficient (Wildman–Crippen LogP) is 1.62. The lowest BCUT2D eigenvalue weighted by Crippen LogP contribution is -2.39. The van der Waals surface area contributed by atoms with E-state index in [9.17, 15) is 9.59 Å². The fourth-order valence-electron chi connectivity index (χ4n) is 2.22. The predicted molar refractivity (Wildman–Crippen MR) is 80.1 cm³/mol. The molecule has 0 saturated heterocycles. The van der Waals surface area contributed by atoms with Crippen LogP contribution < -0.4 is 20.9 Å². The molecule has 1 aliphatic rings. The molecule has 2 amide bonds. The number of hydrazine groups is 1. The third-order valence-electron chi connectivity index (χ3n) is 3.31. The average Bonchev–Trinajstić information content (AvgIpc) is 2.48. The number of hydrogen-bond donors (Lipinski definition) is 2. The van der Waals surface area contributed by atoms with E-state index in [-0.39, 0.29) is 18.4 Å². The first-order valence-corrected chi connectivity index (χ1v) is 7.22.